The first-order chi connectivity index (χ1) is 13.0. The summed E-state index contributed by atoms with van der Waals surface area (Å²) in [5, 5.41) is 10.1. The van der Waals surface area contributed by atoms with Crippen LogP contribution in [-0.4, -0.2) is 37.6 Å². The zero-order valence-electron chi connectivity index (χ0n) is 15.5. The number of hydrogen-bond donors (Lipinski definition) is 1. The predicted molar refractivity (Wildman–Crippen MR) is 102 cm³/mol. The highest BCUT2D eigenvalue weighted by Gasteiger charge is 2.18. The second-order valence-corrected chi connectivity index (χ2v) is 5.72. The van der Waals surface area contributed by atoms with Gasteiger partial charge in [-0.05, 0) is 31.2 Å². The minimum Gasteiger partial charge on any atom is -0.493 e. The molecular formula is C20H20N2O5. The molecule has 140 valence electrons. The number of rotatable bonds is 6. The Labute approximate surface area is 156 Å². The van der Waals surface area contributed by atoms with E-state index in [0.29, 0.717) is 22.8 Å². The third-order valence-electron chi connectivity index (χ3n) is 3.92. The number of aromatic nitrogens is 1. The van der Waals surface area contributed by atoms with Crippen LogP contribution in [0.15, 0.2) is 45.8 Å². The predicted octanol–water partition coefficient (Wildman–Crippen LogP) is 4.13. The molecular weight excluding hydrogens is 348 g/mol. The van der Waals surface area contributed by atoms with Crippen LogP contribution in [0.5, 0.6) is 23.2 Å². The molecule has 1 N–H and O–H groups in total. The van der Waals surface area contributed by atoms with Crippen molar-refractivity contribution >= 4 is 11.9 Å². The fourth-order valence-corrected chi connectivity index (χ4v) is 2.50. The third-order valence-corrected chi connectivity index (χ3v) is 3.92. The van der Waals surface area contributed by atoms with E-state index in [1.807, 2.05) is 31.2 Å². The van der Waals surface area contributed by atoms with Crippen LogP contribution in [0.3, 0.4) is 0 Å². The topological polar surface area (TPSA) is 86.3 Å². The van der Waals surface area contributed by atoms with Gasteiger partial charge in [-0.2, -0.15) is 0 Å². The van der Waals surface area contributed by atoms with Crippen LogP contribution in [-0.2, 0) is 0 Å². The second-order valence-electron chi connectivity index (χ2n) is 5.72. The lowest BCUT2D eigenvalue weighted by atomic mass is 10.2. The first-order valence-corrected chi connectivity index (χ1v) is 8.16. The van der Waals surface area contributed by atoms with Gasteiger partial charge in [0, 0.05) is 5.56 Å². The van der Waals surface area contributed by atoms with E-state index in [9.17, 15) is 5.11 Å². The first-order valence-electron chi connectivity index (χ1n) is 8.16. The van der Waals surface area contributed by atoms with Crippen LogP contribution in [0.4, 0.5) is 5.69 Å². The molecule has 3 rings (SSSR count). The minimum atomic E-state index is -0.324. The quantitative estimate of drug-likeness (QED) is 0.658. The van der Waals surface area contributed by atoms with Crippen molar-refractivity contribution in [2.45, 2.75) is 6.92 Å². The summed E-state index contributed by atoms with van der Waals surface area (Å²) in [4.78, 5) is 8.60. The highest BCUT2D eigenvalue weighted by Crippen LogP contribution is 2.41. The number of aryl methyl sites for hydroxylation is 1. The molecule has 27 heavy (non-hydrogen) atoms. The van der Waals surface area contributed by atoms with Gasteiger partial charge in [-0.15, -0.1) is 0 Å². The number of ether oxygens (including phenoxy) is 3. The summed E-state index contributed by atoms with van der Waals surface area (Å²) >= 11 is 0. The molecule has 0 aliphatic carbocycles. The fourth-order valence-electron chi connectivity index (χ4n) is 2.50. The molecule has 0 saturated heterocycles. The lowest BCUT2D eigenvalue weighted by Crippen LogP contribution is -1.95. The van der Waals surface area contributed by atoms with E-state index in [4.69, 9.17) is 18.6 Å². The highest BCUT2D eigenvalue weighted by molar-refractivity contribution is 5.83. The molecule has 0 amide bonds. The van der Waals surface area contributed by atoms with E-state index in [1.165, 1.54) is 27.5 Å². The number of nitrogens with zero attached hydrogens (tertiary/aromatic N) is 2. The van der Waals surface area contributed by atoms with Gasteiger partial charge in [-0.1, -0.05) is 17.7 Å². The van der Waals surface area contributed by atoms with E-state index >= 15 is 0 Å². The van der Waals surface area contributed by atoms with Crippen LogP contribution < -0.4 is 14.2 Å². The number of aliphatic imine (C=N–C) groups is 1. The average molecular weight is 368 g/mol. The van der Waals surface area contributed by atoms with E-state index in [0.717, 1.165) is 11.3 Å². The Balaban J connectivity index is 1.95. The monoisotopic (exact) mass is 368 g/mol. The minimum absolute atomic E-state index is 0.206. The van der Waals surface area contributed by atoms with Gasteiger partial charge >= 0.3 is 5.95 Å². The molecule has 0 radical (unpaired) electrons. The van der Waals surface area contributed by atoms with Crippen molar-refractivity contribution in [3.63, 3.8) is 0 Å². The zero-order valence-corrected chi connectivity index (χ0v) is 15.5. The highest BCUT2D eigenvalue weighted by atomic mass is 16.5. The van der Waals surface area contributed by atoms with Crippen LogP contribution in [0.2, 0.25) is 0 Å². The number of aromatic hydroxyl groups is 1. The fraction of sp³-hybridized carbons (Fsp3) is 0.200. The normalized spacial score (nSPS) is 11.0. The maximum absolute atomic E-state index is 10.1. The Hall–Kier alpha value is -3.48. The molecule has 0 aliphatic heterocycles. The van der Waals surface area contributed by atoms with Crippen LogP contribution in [0.1, 0.15) is 11.3 Å². The third kappa shape index (κ3) is 3.87. The van der Waals surface area contributed by atoms with Gasteiger partial charge in [0.1, 0.15) is 0 Å². The summed E-state index contributed by atoms with van der Waals surface area (Å²) in [6.45, 7) is 2.00. The molecule has 3 aromatic rings. The van der Waals surface area contributed by atoms with E-state index in [1.54, 1.807) is 12.1 Å². The molecule has 0 aliphatic rings. The summed E-state index contributed by atoms with van der Waals surface area (Å²) in [5.41, 5.74) is 2.68. The summed E-state index contributed by atoms with van der Waals surface area (Å²) in [6.07, 6.45) is 1.45. The first kappa shape index (κ1) is 18.3. The molecule has 1 heterocycles. The Kier molecular flexibility index (Phi) is 5.30. The summed E-state index contributed by atoms with van der Waals surface area (Å²) in [7, 11) is 4.57. The van der Waals surface area contributed by atoms with Crippen LogP contribution in [0.25, 0.3) is 11.5 Å². The molecule has 7 heteroatoms. The van der Waals surface area contributed by atoms with Gasteiger partial charge in [-0.25, -0.2) is 4.98 Å². The number of oxazole rings is 1. The van der Waals surface area contributed by atoms with Crippen molar-refractivity contribution in [3.8, 4) is 34.6 Å². The summed E-state index contributed by atoms with van der Waals surface area (Å²) in [5.74, 6) is 1.26. The summed E-state index contributed by atoms with van der Waals surface area (Å²) < 4.78 is 21.3. The van der Waals surface area contributed by atoms with Crippen molar-refractivity contribution in [1.82, 2.24) is 4.98 Å². The van der Waals surface area contributed by atoms with E-state index in [2.05, 4.69) is 9.98 Å². The maximum atomic E-state index is 10.1. The average Bonchev–Trinajstić information content (AvgIpc) is 3.07. The Morgan fingerprint density at radius 1 is 1.00 bits per heavy atom. The van der Waals surface area contributed by atoms with Crippen molar-refractivity contribution in [1.29, 1.82) is 0 Å². The molecule has 1 aromatic heterocycles. The molecule has 0 atom stereocenters. The van der Waals surface area contributed by atoms with Gasteiger partial charge < -0.3 is 23.7 Å². The van der Waals surface area contributed by atoms with Gasteiger partial charge in [0.25, 0.3) is 0 Å². The van der Waals surface area contributed by atoms with Gasteiger partial charge in [-0.3, -0.25) is 4.99 Å². The lowest BCUT2D eigenvalue weighted by molar-refractivity contribution is 0.323. The Morgan fingerprint density at radius 2 is 1.63 bits per heavy atom. The maximum Gasteiger partial charge on any atom is 0.312 e. The van der Waals surface area contributed by atoms with Crippen molar-refractivity contribution in [2.24, 2.45) is 4.99 Å². The van der Waals surface area contributed by atoms with Crippen LogP contribution >= 0.6 is 0 Å². The summed E-state index contributed by atoms with van der Waals surface area (Å²) in [6, 6.07) is 11.0. The molecule has 0 fully saturated rings. The zero-order chi connectivity index (χ0) is 19.4. The largest absolute Gasteiger partial charge is 0.493 e. The molecule has 0 bridgehead atoms. The van der Waals surface area contributed by atoms with Crippen molar-refractivity contribution in [3.05, 3.63) is 47.7 Å². The lowest BCUT2D eigenvalue weighted by Gasteiger charge is -2.12. The number of methoxy groups -OCH3 is 3. The standard InChI is InChI=1S/C20H20N2O5/c1-12-5-7-14(8-6-12)21-11-15-20(23)27-19(22-15)13-9-16(24-2)18(26-4)17(10-13)25-3/h5-11,23H,1-4H3. The van der Waals surface area contributed by atoms with Gasteiger partial charge in [0.2, 0.25) is 11.6 Å². The van der Waals surface area contributed by atoms with Crippen molar-refractivity contribution in [2.75, 3.05) is 21.3 Å². The molecule has 0 unspecified atom stereocenters. The molecule has 7 nitrogen and oxygen atoms in total. The Bertz CT molecular complexity index is 936. The van der Waals surface area contributed by atoms with Gasteiger partial charge in [0.15, 0.2) is 17.2 Å². The van der Waals surface area contributed by atoms with E-state index in [-0.39, 0.29) is 17.5 Å². The number of benzene rings is 2. The smallest absolute Gasteiger partial charge is 0.312 e. The van der Waals surface area contributed by atoms with E-state index < -0.39 is 0 Å². The van der Waals surface area contributed by atoms with Crippen molar-refractivity contribution < 1.29 is 23.7 Å². The van der Waals surface area contributed by atoms with Gasteiger partial charge in [0.05, 0.1) is 33.2 Å². The Morgan fingerprint density at radius 3 is 2.19 bits per heavy atom. The van der Waals surface area contributed by atoms with Crippen LogP contribution in [0, 0.1) is 6.92 Å². The molecule has 0 saturated carbocycles. The molecule has 0 spiro atoms. The number of hydrogen-bond acceptors (Lipinski definition) is 7. The molecule has 2 aromatic carbocycles. The second kappa shape index (κ2) is 7.82. The SMILES string of the molecule is COc1cc(-c2nc(C=Nc3ccc(C)cc3)c(O)o2)cc(OC)c1OC.